The summed E-state index contributed by atoms with van der Waals surface area (Å²) in [6.07, 6.45) is 0.398. The average molecular weight is 471 g/mol. The third-order valence-corrected chi connectivity index (χ3v) is 4.63. The van der Waals surface area contributed by atoms with Gasteiger partial charge >= 0.3 is 0 Å². The van der Waals surface area contributed by atoms with Gasteiger partial charge in [0.15, 0.2) is 0 Å². The van der Waals surface area contributed by atoms with Gasteiger partial charge in [-0.15, -0.1) is 0 Å². The number of amides is 1. The minimum atomic E-state index is 0.149. The van der Waals surface area contributed by atoms with Crippen molar-refractivity contribution in [3.05, 3.63) is 25.6 Å². The molecule has 0 aliphatic carbocycles. The van der Waals surface area contributed by atoms with E-state index >= 15 is 0 Å². The SMILES string of the molecule is O=C(CCOc1c(Br)cc(Br)cc1Br)N1CCNCC1. The van der Waals surface area contributed by atoms with Crippen molar-refractivity contribution in [3.63, 3.8) is 0 Å². The van der Waals surface area contributed by atoms with Crippen LogP contribution in [0.15, 0.2) is 25.6 Å². The summed E-state index contributed by atoms with van der Waals surface area (Å²) in [6.45, 7) is 3.68. The molecule has 0 atom stereocenters. The number of rotatable bonds is 4. The molecule has 1 aromatic rings. The first-order valence-electron chi connectivity index (χ1n) is 6.34. The quantitative estimate of drug-likeness (QED) is 0.735. The van der Waals surface area contributed by atoms with E-state index in [1.54, 1.807) is 0 Å². The molecule has 4 nitrogen and oxygen atoms in total. The molecule has 0 saturated carbocycles. The van der Waals surface area contributed by atoms with Gasteiger partial charge in [0.25, 0.3) is 0 Å². The average Bonchev–Trinajstić information content (AvgIpc) is 2.42. The third kappa shape index (κ3) is 4.44. The van der Waals surface area contributed by atoms with Gasteiger partial charge in [-0.25, -0.2) is 0 Å². The molecule has 1 amide bonds. The minimum Gasteiger partial charge on any atom is -0.491 e. The summed E-state index contributed by atoms with van der Waals surface area (Å²) in [5.74, 6) is 0.872. The molecule has 1 heterocycles. The summed E-state index contributed by atoms with van der Waals surface area (Å²) in [6, 6.07) is 3.83. The molecule has 1 aliphatic rings. The topological polar surface area (TPSA) is 41.6 Å². The smallest absolute Gasteiger partial charge is 0.226 e. The van der Waals surface area contributed by atoms with E-state index in [1.165, 1.54) is 0 Å². The maximum atomic E-state index is 12.0. The fourth-order valence-electron chi connectivity index (χ4n) is 1.98. The van der Waals surface area contributed by atoms with Crippen LogP contribution in [0.5, 0.6) is 5.75 Å². The van der Waals surface area contributed by atoms with Gasteiger partial charge in [0.2, 0.25) is 5.91 Å². The molecule has 7 heteroatoms. The Morgan fingerprint density at radius 3 is 2.40 bits per heavy atom. The maximum absolute atomic E-state index is 12.0. The number of carbonyl (C=O) groups excluding carboxylic acids is 1. The van der Waals surface area contributed by atoms with E-state index in [2.05, 4.69) is 53.1 Å². The van der Waals surface area contributed by atoms with Gasteiger partial charge in [0.05, 0.1) is 22.0 Å². The van der Waals surface area contributed by atoms with Crippen molar-refractivity contribution in [2.75, 3.05) is 32.8 Å². The molecule has 0 aromatic heterocycles. The fourth-order valence-corrected chi connectivity index (χ4v) is 4.47. The number of ether oxygens (including phenoxy) is 1. The van der Waals surface area contributed by atoms with E-state index < -0.39 is 0 Å². The summed E-state index contributed by atoms with van der Waals surface area (Å²) >= 11 is 10.3. The summed E-state index contributed by atoms with van der Waals surface area (Å²) in [4.78, 5) is 13.9. The van der Waals surface area contributed by atoms with Crippen molar-refractivity contribution < 1.29 is 9.53 Å². The van der Waals surface area contributed by atoms with Gasteiger partial charge < -0.3 is 15.0 Å². The second-order valence-electron chi connectivity index (χ2n) is 4.43. The number of hydrogen-bond donors (Lipinski definition) is 1. The zero-order valence-electron chi connectivity index (χ0n) is 10.8. The van der Waals surface area contributed by atoms with Crippen LogP contribution < -0.4 is 10.1 Å². The van der Waals surface area contributed by atoms with Crippen LogP contribution >= 0.6 is 47.8 Å². The zero-order chi connectivity index (χ0) is 14.5. The predicted molar refractivity (Wildman–Crippen MR) is 89.1 cm³/mol. The van der Waals surface area contributed by atoms with Crippen LogP contribution in [0.2, 0.25) is 0 Å². The standard InChI is InChI=1S/C13H15Br3N2O2/c14-9-7-10(15)13(11(16)8-9)20-6-1-12(19)18-4-2-17-3-5-18/h7-8,17H,1-6H2. The van der Waals surface area contributed by atoms with Crippen molar-refractivity contribution in [1.82, 2.24) is 10.2 Å². The predicted octanol–water partition coefficient (Wildman–Crippen LogP) is 3.17. The van der Waals surface area contributed by atoms with Crippen molar-refractivity contribution in [3.8, 4) is 5.75 Å². The molecule has 1 fully saturated rings. The Labute approximate surface area is 143 Å². The summed E-state index contributed by atoms with van der Waals surface area (Å²) in [7, 11) is 0. The lowest BCUT2D eigenvalue weighted by Crippen LogP contribution is -2.46. The number of carbonyl (C=O) groups is 1. The van der Waals surface area contributed by atoms with Gasteiger partial charge in [-0.3, -0.25) is 4.79 Å². The highest BCUT2D eigenvalue weighted by molar-refractivity contribution is 9.11. The molecule has 0 bridgehead atoms. The number of nitrogens with one attached hydrogen (secondary N) is 1. The highest BCUT2D eigenvalue weighted by atomic mass is 79.9. The first kappa shape index (κ1) is 16.3. The lowest BCUT2D eigenvalue weighted by molar-refractivity contribution is -0.132. The third-order valence-electron chi connectivity index (χ3n) is 3.00. The van der Waals surface area contributed by atoms with Crippen LogP contribution in [0.25, 0.3) is 0 Å². The van der Waals surface area contributed by atoms with Gasteiger partial charge in [0, 0.05) is 30.7 Å². The molecule has 0 radical (unpaired) electrons. The summed E-state index contributed by atoms with van der Waals surface area (Å²) in [5, 5.41) is 3.23. The Bertz CT molecular complexity index is 467. The Morgan fingerprint density at radius 1 is 1.20 bits per heavy atom. The van der Waals surface area contributed by atoms with E-state index in [0.717, 1.165) is 45.3 Å². The maximum Gasteiger partial charge on any atom is 0.226 e. The number of benzene rings is 1. The van der Waals surface area contributed by atoms with Crippen molar-refractivity contribution in [2.24, 2.45) is 0 Å². The van der Waals surface area contributed by atoms with Gasteiger partial charge in [0.1, 0.15) is 5.75 Å². The number of piperazine rings is 1. The van der Waals surface area contributed by atoms with E-state index in [9.17, 15) is 4.79 Å². The summed E-state index contributed by atoms with van der Waals surface area (Å²) in [5.41, 5.74) is 0. The van der Waals surface area contributed by atoms with E-state index in [0.29, 0.717) is 13.0 Å². The lowest BCUT2D eigenvalue weighted by Gasteiger charge is -2.27. The van der Waals surface area contributed by atoms with E-state index in [-0.39, 0.29) is 5.91 Å². The van der Waals surface area contributed by atoms with Crippen LogP contribution in [-0.2, 0) is 4.79 Å². The monoisotopic (exact) mass is 468 g/mol. The van der Waals surface area contributed by atoms with E-state index in [1.807, 2.05) is 17.0 Å². The zero-order valence-corrected chi connectivity index (χ0v) is 15.6. The molecule has 20 heavy (non-hydrogen) atoms. The molecule has 0 spiro atoms. The second kappa shape index (κ2) is 7.77. The van der Waals surface area contributed by atoms with Crippen LogP contribution in [0.1, 0.15) is 6.42 Å². The molecule has 1 aromatic carbocycles. The number of halogens is 3. The molecular weight excluding hydrogens is 456 g/mol. The van der Waals surface area contributed by atoms with Crippen LogP contribution in [0, 0.1) is 0 Å². The Hall–Kier alpha value is -0.110. The van der Waals surface area contributed by atoms with Crippen LogP contribution in [-0.4, -0.2) is 43.6 Å². The van der Waals surface area contributed by atoms with Crippen LogP contribution in [0.3, 0.4) is 0 Å². The molecule has 1 N–H and O–H groups in total. The number of hydrogen-bond acceptors (Lipinski definition) is 3. The molecule has 2 rings (SSSR count). The largest absolute Gasteiger partial charge is 0.491 e. The van der Waals surface area contributed by atoms with Crippen molar-refractivity contribution >= 4 is 53.7 Å². The van der Waals surface area contributed by atoms with Crippen molar-refractivity contribution in [1.29, 1.82) is 0 Å². The Kier molecular flexibility index (Phi) is 6.32. The Morgan fingerprint density at radius 2 is 1.80 bits per heavy atom. The summed E-state index contributed by atoms with van der Waals surface area (Å²) < 4.78 is 8.38. The number of nitrogens with zero attached hydrogens (tertiary/aromatic N) is 1. The lowest BCUT2D eigenvalue weighted by atomic mass is 10.3. The second-order valence-corrected chi connectivity index (χ2v) is 7.05. The van der Waals surface area contributed by atoms with Gasteiger partial charge in [-0.2, -0.15) is 0 Å². The fraction of sp³-hybridized carbons (Fsp3) is 0.462. The Balaban J connectivity index is 1.85. The molecule has 1 saturated heterocycles. The van der Waals surface area contributed by atoms with Gasteiger partial charge in [-0.1, -0.05) is 15.9 Å². The highest BCUT2D eigenvalue weighted by Gasteiger charge is 2.16. The van der Waals surface area contributed by atoms with Crippen LogP contribution in [0.4, 0.5) is 0 Å². The molecule has 110 valence electrons. The first-order valence-corrected chi connectivity index (χ1v) is 8.71. The van der Waals surface area contributed by atoms with Crippen molar-refractivity contribution in [2.45, 2.75) is 6.42 Å². The minimum absolute atomic E-state index is 0.149. The molecule has 1 aliphatic heterocycles. The normalized spacial score (nSPS) is 15.2. The first-order chi connectivity index (χ1) is 9.58. The van der Waals surface area contributed by atoms with Gasteiger partial charge in [-0.05, 0) is 44.0 Å². The molecular formula is C13H15Br3N2O2. The van der Waals surface area contributed by atoms with E-state index in [4.69, 9.17) is 4.74 Å². The molecule has 0 unspecified atom stereocenters. The highest BCUT2D eigenvalue weighted by Crippen LogP contribution is 2.36.